The molecule has 1 aromatic carbocycles. The van der Waals surface area contributed by atoms with Crippen molar-refractivity contribution in [2.75, 3.05) is 6.54 Å². The van der Waals surface area contributed by atoms with E-state index in [-0.39, 0.29) is 11.9 Å². The fraction of sp³-hybridized carbons (Fsp3) is 0.467. The van der Waals surface area contributed by atoms with E-state index in [1.54, 1.807) is 0 Å². The smallest absolute Gasteiger partial charge is 0.127 e. The molecule has 1 atom stereocenters. The van der Waals surface area contributed by atoms with Gasteiger partial charge in [0.25, 0.3) is 0 Å². The van der Waals surface area contributed by atoms with Gasteiger partial charge in [0.05, 0.1) is 10.6 Å². The lowest BCUT2D eigenvalue weighted by Crippen LogP contribution is -2.23. The molecule has 0 aliphatic carbocycles. The molecule has 0 radical (unpaired) electrons. The van der Waals surface area contributed by atoms with Crippen molar-refractivity contribution in [3.63, 3.8) is 0 Å². The predicted molar refractivity (Wildman–Crippen MR) is 88.1 cm³/mol. The molecule has 21 heavy (non-hydrogen) atoms. The molecule has 0 saturated carbocycles. The second-order valence-electron chi connectivity index (χ2n) is 4.88. The Labute approximate surface area is 137 Å². The molecule has 0 spiro atoms. The predicted octanol–water partition coefficient (Wildman–Crippen LogP) is 4.29. The molecule has 3 nitrogen and oxygen atoms in total. The molecule has 0 aliphatic heterocycles. The third kappa shape index (κ3) is 4.31. The first-order valence-electron chi connectivity index (χ1n) is 7.14. The van der Waals surface area contributed by atoms with Crippen LogP contribution in [0.5, 0.6) is 0 Å². The molecule has 1 heterocycles. The van der Waals surface area contributed by atoms with E-state index >= 15 is 0 Å². The summed E-state index contributed by atoms with van der Waals surface area (Å²) < 4.78 is 18.9. The summed E-state index contributed by atoms with van der Waals surface area (Å²) in [6, 6.07) is 5.28. The molecule has 2 aromatic rings. The van der Waals surface area contributed by atoms with Crippen molar-refractivity contribution in [3.8, 4) is 0 Å². The van der Waals surface area contributed by atoms with Crippen LogP contribution in [0.1, 0.15) is 42.4 Å². The fourth-order valence-electron chi connectivity index (χ4n) is 2.30. The summed E-state index contributed by atoms with van der Waals surface area (Å²) in [7, 11) is 0. The second-order valence-corrected chi connectivity index (χ2v) is 6.59. The normalized spacial score (nSPS) is 12.6. The standard InChI is InChI=1S/C15H19BrFN3S/c1-3-5-13-15(21-20-19-13)14(18-4-2)8-10-6-7-11(16)9-12(10)17/h6-7,9,14,18H,3-5,8H2,1-2H3. The lowest BCUT2D eigenvalue weighted by molar-refractivity contribution is 0.529. The highest BCUT2D eigenvalue weighted by molar-refractivity contribution is 9.10. The highest BCUT2D eigenvalue weighted by atomic mass is 79.9. The largest absolute Gasteiger partial charge is 0.309 e. The van der Waals surface area contributed by atoms with Crippen molar-refractivity contribution < 1.29 is 4.39 Å². The summed E-state index contributed by atoms with van der Waals surface area (Å²) >= 11 is 4.70. The third-order valence-corrected chi connectivity index (χ3v) is 4.65. The maximum Gasteiger partial charge on any atom is 0.127 e. The highest BCUT2D eigenvalue weighted by Crippen LogP contribution is 2.27. The van der Waals surface area contributed by atoms with E-state index in [4.69, 9.17) is 0 Å². The Kier molecular flexibility index (Phi) is 6.26. The number of aromatic nitrogens is 2. The topological polar surface area (TPSA) is 37.8 Å². The van der Waals surface area contributed by atoms with E-state index in [9.17, 15) is 4.39 Å². The molecule has 0 fully saturated rings. The van der Waals surface area contributed by atoms with Gasteiger partial charge in [0.2, 0.25) is 0 Å². The summed E-state index contributed by atoms with van der Waals surface area (Å²) in [5, 5.41) is 7.64. The monoisotopic (exact) mass is 371 g/mol. The molecule has 0 aliphatic rings. The number of likely N-dealkylation sites (N-methyl/N-ethyl adjacent to an activating group) is 1. The van der Waals surface area contributed by atoms with Crippen LogP contribution >= 0.6 is 27.5 Å². The van der Waals surface area contributed by atoms with Crippen LogP contribution in [0.15, 0.2) is 22.7 Å². The van der Waals surface area contributed by atoms with Gasteiger partial charge in [-0.2, -0.15) is 0 Å². The Morgan fingerprint density at radius 1 is 1.38 bits per heavy atom. The van der Waals surface area contributed by atoms with E-state index < -0.39 is 0 Å². The van der Waals surface area contributed by atoms with Gasteiger partial charge in [-0.1, -0.05) is 46.8 Å². The zero-order valence-corrected chi connectivity index (χ0v) is 14.6. The van der Waals surface area contributed by atoms with Crippen LogP contribution < -0.4 is 5.32 Å². The number of nitrogens with zero attached hydrogens (tertiary/aromatic N) is 2. The van der Waals surface area contributed by atoms with Crippen LogP contribution in [0.3, 0.4) is 0 Å². The number of hydrogen-bond acceptors (Lipinski definition) is 4. The molecule has 0 bridgehead atoms. The van der Waals surface area contributed by atoms with Crippen molar-refractivity contribution in [2.24, 2.45) is 0 Å². The number of aryl methyl sites for hydroxylation is 1. The summed E-state index contributed by atoms with van der Waals surface area (Å²) in [5.41, 5.74) is 1.74. The van der Waals surface area contributed by atoms with E-state index in [0.717, 1.165) is 34.4 Å². The summed E-state index contributed by atoms with van der Waals surface area (Å²) in [6.07, 6.45) is 2.55. The van der Waals surface area contributed by atoms with Crippen LogP contribution in [0, 0.1) is 5.82 Å². The molecule has 0 saturated heterocycles. The molecular weight excluding hydrogens is 353 g/mol. The first-order chi connectivity index (χ1) is 10.2. The van der Waals surface area contributed by atoms with Gasteiger partial charge >= 0.3 is 0 Å². The van der Waals surface area contributed by atoms with Gasteiger partial charge in [0, 0.05) is 10.5 Å². The molecule has 6 heteroatoms. The average Bonchev–Trinajstić information content (AvgIpc) is 2.90. The van der Waals surface area contributed by atoms with E-state index in [1.807, 2.05) is 12.1 Å². The van der Waals surface area contributed by atoms with Crippen LogP contribution in [0.4, 0.5) is 4.39 Å². The van der Waals surface area contributed by atoms with Crippen molar-refractivity contribution in [1.82, 2.24) is 14.9 Å². The van der Waals surface area contributed by atoms with Gasteiger partial charge < -0.3 is 5.32 Å². The minimum atomic E-state index is -0.179. The van der Waals surface area contributed by atoms with Crippen molar-refractivity contribution in [1.29, 1.82) is 0 Å². The van der Waals surface area contributed by atoms with Gasteiger partial charge in [0.15, 0.2) is 0 Å². The van der Waals surface area contributed by atoms with E-state index in [0.29, 0.717) is 12.0 Å². The SMILES string of the molecule is CCCc1nnsc1C(Cc1ccc(Br)cc1F)NCC. The van der Waals surface area contributed by atoms with Gasteiger partial charge in [-0.3, -0.25) is 0 Å². The van der Waals surface area contributed by atoms with Crippen LogP contribution in [-0.2, 0) is 12.8 Å². The lowest BCUT2D eigenvalue weighted by Gasteiger charge is -2.17. The van der Waals surface area contributed by atoms with E-state index in [2.05, 4.69) is 44.7 Å². The van der Waals surface area contributed by atoms with Gasteiger partial charge in [-0.15, -0.1) is 5.10 Å². The Bertz CT molecular complexity index is 588. The number of nitrogens with one attached hydrogen (secondary N) is 1. The summed E-state index contributed by atoms with van der Waals surface area (Å²) in [4.78, 5) is 1.13. The average molecular weight is 372 g/mol. The summed E-state index contributed by atoms with van der Waals surface area (Å²) in [6.45, 7) is 5.00. The van der Waals surface area contributed by atoms with Crippen LogP contribution in [0.25, 0.3) is 0 Å². The fourth-order valence-corrected chi connectivity index (χ4v) is 3.40. The third-order valence-electron chi connectivity index (χ3n) is 3.28. The van der Waals surface area contributed by atoms with Gasteiger partial charge in [0.1, 0.15) is 5.82 Å². The molecule has 1 N–H and O–H groups in total. The minimum absolute atomic E-state index is 0.0622. The maximum absolute atomic E-state index is 14.1. The van der Waals surface area contributed by atoms with Crippen LogP contribution in [0.2, 0.25) is 0 Å². The zero-order chi connectivity index (χ0) is 15.2. The lowest BCUT2D eigenvalue weighted by atomic mass is 10.0. The number of hydrogen-bond donors (Lipinski definition) is 1. The van der Waals surface area contributed by atoms with Crippen molar-refractivity contribution in [3.05, 3.63) is 44.6 Å². The first kappa shape index (κ1) is 16.5. The quantitative estimate of drug-likeness (QED) is 0.788. The molecular formula is C15H19BrFN3S. The Balaban J connectivity index is 2.24. The number of halogens is 2. The first-order valence-corrected chi connectivity index (χ1v) is 8.70. The van der Waals surface area contributed by atoms with Crippen LogP contribution in [-0.4, -0.2) is 16.1 Å². The Morgan fingerprint density at radius 3 is 2.86 bits per heavy atom. The molecule has 114 valence electrons. The highest BCUT2D eigenvalue weighted by Gasteiger charge is 2.20. The Morgan fingerprint density at radius 2 is 2.19 bits per heavy atom. The molecule has 0 amide bonds. The minimum Gasteiger partial charge on any atom is -0.309 e. The second kappa shape index (κ2) is 7.96. The van der Waals surface area contributed by atoms with Crippen molar-refractivity contribution >= 4 is 27.5 Å². The molecule has 1 aromatic heterocycles. The number of rotatable bonds is 7. The maximum atomic E-state index is 14.1. The zero-order valence-electron chi connectivity index (χ0n) is 12.2. The molecule has 2 rings (SSSR count). The van der Waals surface area contributed by atoms with Gasteiger partial charge in [-0.25, -0.2) is 4.39 Å². The molecule has 1 unspecified atom stereocenters. The Hall–Kier alpha value is -0.850. The van der Waals surface area contributed by atoms with E-state index in [1.165, 1.54) is 17.6 Å². The summed E-state index contributed by atoms with van der Waals surface area (Å²) in [5.74, 6) is -0.179. The van der Waals surface area contributed by atoms with Crippen molar-refractivity contribution in [2.45, 2.75) is 39.2 Å². The van der Waals surface area contributed by atoms with Gasteiger partial charge in [-0.05, 0) is 48.6 Å². The number of benzene rings is 1.